The Kier molecular flexibility index (Phi) is 3.91. The van der Waals surface area contributed by atoms with E-state index in [9.17, 15) is 13.9 Å². The van der Waals surface area contributed by atoms with Gasteiger partial charge in [0.25, 0.3) is 0 Å². The number of hydrogen-bond donors (Lipinski definition) is 2. The lowest BCUT2D eigenvalue weighted by atomic mass is 10.0. The molecule has 1 heterocycles. The molecule has 0 saturated carbocycles. The summed E-state index contributed by atoms with van der Waals surface area (Å²) in [6.45, 7) is -2.87. The van der Waals surface area contributed by atoms with Gasteiger partial charge in [-0.3, -0.25) is 0 Å². The van der Waals surface area contributed by atoms with Gasteiger partial charge in [0.1, 0.15) is 17.7 Å². The number of pyridine rings is 1. The normalized spacial score (nSPS) is 12.4. The maximum absolute atomic E-state index is 12.0. The molecule has 0 amide bonds. The van der Waals surface area contributed by atoms with Crippen molar-refractivity contribution >= 4 is 5.82 Å². The first-order valence-corrected chi connectivity index (χ1v) is 5.51. The van der Waals surface area contributed by atoms with Gasteiger partial charge >= 0.3 is 6.61 Å². The SMILES string of the molecule is Nc1ncccc1C(O)c1ccc(OC(F)F)cc1. The van der Waals surface area contributed by atoms with Crippen LogP contribution in [0.1, 0.15) is 17.2 Å². The standard InChI is InChI=1S/C13H12F2N2O2/c14-13(15)19-9-5-3-8(4-6-9)11(18)10-2-1-7-17-12(10)16/h1-7,11,13,18H,(H2,16,17). The Labute approximate surface area is 108 Å². The molecule has 3 N–H and O–H groups in total. The monoisotopic (exact) mass is 266 g/mol. The van der Waals surface area contributed by atoms with E-state index in [1.165, 1.54) is 30.5 Å². The first kappa shape index (κ1) is 13.2. The topological polar surface area (TPSA) is 68.4 Å². The molecule has 0 aliphatic rings. The average molecular weight is 266 g/mol. The number of aliphatic hydroxyl groups excluding tert-OH is 1. The molecule has 2 aromatic rings. The van der Waals surface area contributed by atoms with E-state index in [4.69, 9.17) is 5.73 Å². The van der Waals surface area contributed by atoms with Crippen molar-refractivity contribution in [3.8, 4) is 5.75 Å². The van der Waals surface area contributed by atoms with Crippen LogP contribution in [-0.4, -0.2) is 16.7 Å². The molecule has 19 heavy (non-hydrogen) atoms. The summed E-state index contributed by atoms with van der Waals surface area (Å²) in [7, 11) is 0. The molecule has 1 aromatic heterocycles. The van der Waals surface area contributed by atoms with Crippen LogP contribution >= 0.6 is 0 Å². The Hall–Kier alpha value is -2.21. The number of aromatic nitrogens is 1. The quantitative estimate of drug-likeness (QED) is 0.891. The van der Waals surface area contributed by atoms with Crippen molar-refractivity contribution in [1.29, 1.82) is 0 Å². The van der Waals surface area contributed by atoms with Crippen molar-refractivity contribution < 1.29 is 18.6 Å². The summed E-state index contributed by atoms with van der Waals surface area (Å²) in [6, 6.07) is 9.01. The van der Waals surface area contributed by atoms with Crippen molar-refractivity contribution in [2.45, 2.75) is 12.7 Å². The second-order valence-corrected chi connectivity index (χ2v) is 3.83. The van der Waals surface area contributed by atoms with E-state index in [-0.39, 0.29) is 11.6 Å². The van der Waals surface area contributed by atoms with E-state index in [2.05, 4.69) is 9.72 Å². The number of rotatable bonds is 4. The van der Waals surface area contributed by atoms with Crippen LogP contribution in [0, 0.1) is 0 Å². The Balaban J connectivity index is 2.20. The summed E-state index contributed by atoms with van der Waals surface area (Å²) < 4.78 is 28.2. The van der Waals surface area contributed by atoms with E-state index in [1.54, 1.807) is 12.1 Å². The number of ether oxygens (including phenoxy) is 1. The molecule has 1 atom stereocenters. The highest BCUT2D eigenvalue weighted by atomic mass is 19.3. The van der Waals surface area contributed by atoms with Gasteiger partial charge in [-0.1, -0.05) is 18.2 Å². The molecule has 100 valence electrons. The third kappa shape index (κ3) is 3.17. The number of anilines is 1. The number of aliphatic hydroxyl groups is 1. The van der Waals surface area contributed by atoms with Gasteiger partial charge in [0.15, 0.2) is 0 Å². The first-order valence-electron chi connectivity index (χ1n) is 5.51. The van der Waals surface area contributed by atoms with Crippen LogP contribution in [-0.2, 0) is 0 Å². The predicted molar refractivity (Wildman–Crippen MR) is 65.8 cm³/mol. The molecule has 0 aliphatic heterocycles. The molecule has 1 unspecified atom stereocenters. The maximum atomic E-state index is 12.0. The molecule has 1 aromatic carbocycles. The third-order valence-corrected chi connectivity index (χ3v) is 2.59. The smallest absolute Gasteiger partial charge is 0.387 e. The Morgan fingerprint density at radius 3 is 2.42 bits per heavy atom. The van der Waals surface area contributed by atoms with Gasteiger partial charge < -0.3 is 15.6 Å². The van der Waals surface area contributed by atoms with Gasteiger partial charge in [-0.25, -0.2) is 4.98 Å². The number of hydrogen-bond acceptors (Lipinski definition) is 4. The molecule has 0 fully saturated rings. The largest absolute Gasteiger partial charge is 0.435 e. The van der Waals surface area contributed by atoms with Crippen LogP contribution in [0.15, 0.2) is 42.6 Å². The molecule has 2 rings (SSSR count). The third-order valence-electron chi connectivity index (χ3n) is 2.59. The predicted octanol–water partition coefficient (Wildman–Crippen LogP) is 2.35. The van der Waals surface area contributed by atoms with Crippen molar-refractivity contribution in [2.24, 2.45) is 0 Å². The summed E-state index contributed by atoms with van der Waals surface area (Å²) in [5, 5.41) is 10.1. The highest BCUT2D eigenvalue weighted by Gasteiger charge is 2.14. The van der Waals surface area contributed by atoms with Crippen LogP contribution in [0.3, 0.4) is 0 Å². The van der Waals surface area contributed by atoms with Crippen molar-refractivity contribution in [2.75, 3.05) is 5.73 Å². The fourth-order valence-corrected chi connectivity index (χ4v) is 1.67. The molecule has 0 saturated heterocycles. The van der Waals surface area contributed by atoms with Crippen molar-refractivity contribution in [3.05, 3.63) is 53.7 Å². The lowest BCUT2D eigenvalue weighted by molar-refractivity contribution is -0.0498. The minimum atomic E-state index is -2.87. The minimum Gasteiger partial charge on any atom is -0.435 e. The molecule has 0 radical (unpaired) electrons. The number of nitrogens with two attached hydrogens (primary N) is 1. The minimum absolute atomic E-state index is 0.0325. The van der Waals surface area contributed by atoms with E-state index in [0.717, 1.165) is 0 Å². The second-order valence-electron chi connectivity index (χ2n) is 3.83. The van der Waals surface area contributed by atoms with Gasteiger partial charge in [-0.15, -0.1) is 0 Å². The van der Waals surface area contributed by atoms with E-state index in [0.29, 0.717) is 11.1 Å². The zero-order chi connectivity index (χ0) is 13.8. The van der Waals surface area contributed by atoms with Gasteiger partial charge in [-0.2, -0.15) is 8.78 Å². The summed E-state index contributed by atoms with van der Waals surface area (Å²) >= 11 is 0. The zero-order valence-corrected chi connectivity index (χ0v) is 9.83. The average Bonchev–Trinajstić information content (AvgIpc) is 2.39. The second kappa shape index (κ2) is 5.62. The van der Waals surface area contributed by atoms with Gasteiger partial charge in [0.2, 0.25) is 0 Å². The molecular formula is C13H12F2N2O2. The van der Waals surface area contributed by atoms with E-state index < -0.39 is 12.7 Å². The zero-order valence-electron chi connectivity index (χ0n) is 9.83. The summed E-state index contributed by atoms with van der Waals surface area (Å²) in [5.41, 5.74) is 6.64. The van der Waals surface area contributed by atoms with Crippen LogP contribution < -0.4 is 10.5 Å². The molecule has 6 heteroatoms. The Morgan fingerprint density at radius 2 is 1.84 bits per heavy atom. The highest BCUT2D eigenvalue weighted by molar-refractivity contribution is 5.44. The van der Waals surface area contributed by atoms with Crippen LogP contribution in [0.2, 0.25) is 0 Å². The van der Waals surface area contributed by atoms with Crippen molar-refractivity contribution in [3.63, 3.8) is 0 Å². The summed E-state index contributed by atoms with van der Waals surface area (Å²) in [4.78, 5) is 3.88. The van der Waals surface area contributed by atoms with Crippen LogP contribution in [0.4, 0.5) is 14.6 Å². The van der Waals surface area contributed by atoms with Crippen LogP contribution in [0.5, 0.6) is 5.75 Å². The molecular weight excluding hydrogens is 254 g/mol. The fourth-order valence-electron chi connectivity index (χ4n) is 1.67. The molecule has 4 nitrogen and oxygen atoms in total. The molecule has 0 aliphatic carbocycles. The Bertz CT molecular complexity index is 547. The van der Waals surface area contributed by atoms with Gasteiger partial charge in [0.05, 0.1) is 0 Å². The van der Waals surface area contributed by atoms with E-state index in [1.807, 2.05) is 0 Å². The van der Waals surface area contributed by atoms with Crippen molar-refractivity contribution in [1.82, 2.24) is 4.98 Å². The molecule has 0 spiro atoms. The van der Waals surface area contributed by atoms with Gasteiger partial charge in [-0.05, 0) is 23.8 Å². The fraction of sp³-hybridized carbons (Fsp3) is 0.154. The summed E-state index contributed by atoms with van der Waals surface area (Å²) in [5.74, 6) is 0.257. The number of benzene rings is 1. The summed E-state index contributed by atoms with van der Waals surface area (Å²) in [6.07, 6.45) is 0.555. The highest BCUT2D eigenvalue weighted by Crippen LogP contribution is 2.26. The lowest BCUT2D eigenvalue weighted by Crippen LogP contribution is -2.06. The number of nitrogen functional groups attached to an aromatic ring is 1. The lowest BCUT2D eigenvalue weighted by Gasteiger charge is -2.13. The van der Waals surface area contributed by atoms with Crippen LogP contribution in [0.25, 0.3) is 0 Å². The number of nitrogens with zero attached hydrogens (tertiary/aromatic N) is 1. The Morgan fingerprint density at radius 1 is 1.16 bits per heavy atom. The first-order chi connectivity index (χ1) is 9.08. The number of halogens is 2. The number of alkyl halides is 2. The molecule has 0 bridgehead atoms. The van der Waals surface area contributed by atoms with Gasteiger partial charge in [0, 0.05) is 11.8 Å². The van der Waals surface area contributed by atoms with E-state index >= 15 is 0 Å². The maximum Gasteiger partial charge on any atom is 0.387 e.